The zero-order valence-electron chi connectivity index (χ0n) is 17.9. The van der Waals surface area contributed by atoms with Gasteiger partial charge in [-0.25, -0.2) is 0 Å². The van der Waals surface area contributed by atoms with Gasteiger partial charge in [-0.3, -0.25) is 4.98 Å². The van der Waals surface area contributed by atoms with Crippen LogP contribution in [0.25, 0.3) is 33.1 Å². The Labute approximate surface area is 184 Å². The van der Waals surface area contributed by atoms with Gasteiger partial charge in [-0.15, -0.1) is 0 Å². The van der Waals surface area contributed by atoms with Crippen LogP contribution in [0.1, 0.15) is 0 Å². The summed E-state index contributed by atoms with van der Waals surface area (Å²) in [6.07, 6.45) is 1.80. The highest BCUT2D eigenvalue weighted by Crippen LogP contribution is 2.41. The first kappa shape index (κ1) is 19.7. The molecule has 0 unspecified atom stereocenters. The third-order valence-electron chi connectivity index (χ3n) is 5.25. The molecule has 0 fully saturated rings. The SMILES string of the molecule is COc1cc(Nc2nc3cccc(-c4cccc5cccnc45)c3o2)cc(OC)c1OC. The van der Waals surface area contributed by atoms with Crippen LogP contribution in [0, 0.1) is 0 Å². The third-order valence-corrected chi connectivity index (χ3v) is 5.25. The molecule has 0 atom stereocenters. The van der Waals surface area contributed by atoms with Gasteiger partial charge in [0.25, 0.3) is 6.01 Å². The number of nitrogens with zero attached hydrogens (tertiary/aromatic N) is 2. The molecule has 2 aromatic heterocycles. The summed E-state index contributed by atoms with van der Waals surface area (Å²) in [7, 11) is 4.72. The smallest absolute Gasteiger partial charge is 0.300 e. The largest absolute Gasteiger partial charge is 0.493 e. The van der Waals surface area contributed by atoms with Crippen molar-refractivity contribution in [3.05, 3.63) is 66.9 Å². The van der Waals surface area contributed by atoms with Crippen molar-refractivity contribution >= 4 is 33.7 Å². The lowest BCUT2D eigenvalue weighted by atomic mass is 10.0. The van der Waals surface area contributed by atoms with Gasteiger partial charge >= 0.3 is 0 Å². The molecule has 0 aliphatic carbocycles. The molecule has 0 saturated carbocycles. The van der Waals surface area contributed by atoms with Crippen molar-refractivity contribution < 1.29 is 18.6 Å². The minimum absolute atomic E-state index is 0.356. The molecule has 5 rings (SSSR count). The highest BCUT2D eigenvalue weighted by molar-refractivity contribution is 6.01. The number of ether oxygens (including phenoxy) is 3. The molecule has 0 bridgehead atoms. The Kier molecular flexibility index (Phi) is 4.99. The first-order chi connectivity index (χ1) is 15.7. The lowest BCUT2D eigenvalue weighted by Crippen LogP contribution is -1.97. The average molecular weight is 427 g/mol. The van der Waals surface area contributed by atoms with Gasteiger partial charge in [-0.05, 0) is 12.1 Å². The summed E-state index contributed by atoms with van der Waals surface area (Å²) in [6, 6.07) is 19.9. The van der Waals surface area contributed by atoms with Crippen LogP contribution in [0.15, 0.2) is 71.3 Å². The molecule has 160 valence electrons. The minimum atomic E-state index is 0.356. The van der Waals surface area contributed by atoms with Crippen molar-refractivity contribution in [3.8, 4) is 28.4 Å². The quantitative estimate of drug-likeness (QED) is 0.366. The summed E-state index contributed by atoms with van der Waals surface area (Å²) in [4.78, 5) is 9.19. The molecule has 7 nitrogen and oxygen atoms in total. The number of rotatable bonds is 6. The summed E-state index contributed by atoms with van der Waals surface area (Å²) in [6.45, 7) is 0. The van der Waals surface area contributed by atoms with Crippen LogP contribution in [-0.2, 0) is 0 Å². The van der Waals surface area contributed by atoms with Gasteiger partial charge in [0.05, 0.1) is 26.8 Å². The Balaban J connectivity index is 1.59. The predicted octanol–water partition coefficient (Wildman–Crippen LogP) is 5.81. The Hall–Kier alpha value is -4.26. The summed E-state index contributed by atoms with van der Waals surface area (Å²) in [5.41, 5.74) is 4.95. The number of oxazole rings is 1. The standard InChI is InChI=1S/C25H21N3O4/c1-29-20-13-16(14-21(30-2)24(20)31-3)27-25-28-19-11-5-10-18(23(19)32-25)17-9-4-7-15-8-6-12-26-22(15)17/h4-14H,1-3H3,(H,27,28). The zero-order valence-corrected chi connectivity index (χ0v) is 17.9. The number of pyridine rings is 1. The molecule has 3 aromatic carbocycles. The molecule has 2 heterocycles. The van der Waals surface area contributed by atoms with E-state index < -0.39 is 0 Å². The number of benzene rings is 3. The fourth-order valence-corrected chi connectivity index (χ4v) is 3.81. The zero-order chi connectivity index (χ0) is 22.1. The average Bonchev–Trinajstić information content (AvgIpc) is 3.25. The molecule has 0 radical (unpaired) electrons. The normalized spacial score (nSPS) is 11.0. The van der Waals surface area contributed by atoms with Crippen LogP contribution in [-0.4, -0.2) is 31.3 Å². The third kappa shape index (κ3) is 3.33. The van der Waals surface area contributed by atoms with Gasteiger partial charge in [0.15, 0.2) is 17.1 Å². The molecule has 1 N–H and O–H groups in total. The van der Waals surface area contributed by atoms with E-state index in [9.17, 15) is 0 Å². The predicted molar refractivity (Wildman–Crippen MR) is 124 cm³/mol. The first-order valence-corrected chi connectivity index (χ1v) is 10.0. The minimum Gasteiger partial charge on any atom is -0.493 e. The van der Waals surface area contributed by atoms with Crippen LogP contribution in [0.4, 0.5) is 11.7 Å². The summed E-state index contributed by atoms with van der Waals surface area (Å²) in [5.74, 6) is 1.59. The second kappa shape index (κ2) is 8.11. The summed E-state index contributed by atoms with van der Waals surface area (Å²) in [5, 5.41) is 4.27. The Morgan fingerprint density at radius 1 is 0.812 bits per heavy atom. The number of anilines is 2. The number of nitrogens with one attached hydrogen (secondary N) is 1. The molecule has 0 aliphatic heterocycles. The Morgan fingerprint density at radius 2 is 1.53 bits per heavy atom. The van der Waals surface area contributed by atoms with E-state index in [2.05, 4.69) is 15.3 Å². The maximum Gasteiger partial charge on any atom is 0.300 e. The van der Waals surface area contributed by atoms with E-state index in [1.165, 1.54) is 0 Å². The van der Waals surface area contributed by atoms with Crippen LogP contribution in [0.3, 0.4) is 0 Å². The van der Waals surface area contributed by atoms with E-state index in [-0.39, 0.29) is 0 Å². The Bertz CT molecular complexity index is 1400. The van der Waals surface area contributed by atoms with Gasteiger partial charge in [0, 0.05) is 40.5 Å². The molecule has 7 heteroatoms. The lowest BCUT2D eigenvalue weighted by molar-refractivity contribution is 0.324. The fourth-order valence-electron chi connectivity index (χ4n) is 3.81. The van der Waals surface area contributed by atoms with Crippen LogP contribution >= 0.6 is 0 Å². The highest BCUT2D eigenvalue weighted by Gasteiger charge is 2.17. The molecule has 32 heavy (non-hydrogen) atoms. The molecular weight excluding hydrogens is 406 g/mol. The monoisotopic (exact) mass is 427 g/mol. The van der Waals surface area contributed by atoms with Crippen LogP contribution in [0.5, 0.6) is 17.2 Å². The van der Waals surface area contributed by atoms with E-state index in [0.717, 1.165) is 27.5 Å². The van der Waals surface area contributed by atoms with Crippen molar-refractivity contribution in [1.82, 2.24) is 9.97 Å². The second-order valence-corrected chi connectivity index (χ2v) is 7.09. The van der Waals surface area contributed by atoms with Crippen molar-refractivity contribution in [3.63, 3.8) is 0 Å². The number of aromatic nitrogens is 2. The second-order valence-electron chi connectivity index (χ2n) is 7.09. The van der Waals surface area contributed by atoms with Gasteiger partial charge < -0.3 is 23.9 Å². The van der Waals surface area contributed by atoms with Gasteiger partial charge in [-0.2, -0.15) is 4.98 Å². The Morgan fingerprint density at radius 3 is 2.28 bits per heavy atom. The first-order valence-electron chi connectivity index (χ1n) is 10.0. The number of hydrogen-bond donors (Lipinski definition) is 1. The van der Waals surface area contributed by atoms with Crippen molar-refractivity contribution in [1.29, 1.82) is 0 Å². The van der Waals surface area contributed by atoms with Crippen molar-refractivity contribution in [2.45, 2.75) is 0 Å². The maximum atomic E-state index is 6.15. The topological polar surface area (TPSA) is 78.6 Å². The summed E-state index contributed by atoms with van der Waals surface area (Å²) >= 11 is 0. The van der Waals surface area contributed by atoms with E-state index in [1.54, 1.807) is 39.7 Å². The van der Waals surface area contributed by atoms with E-state index in [4.69, 9.17) is 18.6 Å². The molecule has 5 aromatic rings. The molecule has 0 aliphatic rings. The van der Waals surface area contributed by atoms with E-state index in [1.807, 2.05) is 48.5 Å². The fraction of sp³-hybridized carbons (Fsp3) is 0.120. The van der Waals surface area contributed by atoms with Crippen LogP contribution in [0.2, 0.25) is 0 Å². The number of methoxy groups -OCH3 is 3. The van der Waals surface area contributed by atoms with E-state index in [0.29, 0.717) is 34.5 Å². The molecule has 0 saturated heterocycles. The van der Waals surface area contributed by atoms with Gasteiger partial charge in [-0.1, -0.05) is 36.4 Å². The van der Waals surface area contributed by atoms with Crippen LogP contribution < -0.4 is 19.5 Å². The van der Waals surface area contributed by atoms with Gasteiger partial charge in [0.2, 0.25) is 5.75 Å². The highest BCUT2D eigenvalue weighted by atomic mass is 16.5. The number of para-hydroxylation sites is 2. The molecule has 0 spiro atoms. The number of fused-ring (bicyclic) bond motifs is 2. The van der Waals surface area contributed by atoms with Gasteiger partial charge in [0.1, 0.15) is 5.52 Å². The lowest BCUT2D eigenvalue weighted by Gasteiger charge is -2.14. The maximum absolute atomic E-state index is 6.15. The summed E-state index contributed by atoms with van der Waals surface area (Å²) < 4.78 is 22.4. The van der Waals surface area contributed by atoms with Crippen molar-refractivity contribution in [2.75, 3.05) is 26.6 Å². The molecule has 0 amide bonds. The van der Waals surface area contributed by atoms with E-state index >= 15 is 0 Å². The number of hydrogen-bond acceptors (Lipinski definition) is 7. The van der Waals surface area contributed by atoms with Crippen molar-refractivity contribution in [2.24, 2.45) is 0 Å². The molecular formula is C25H21N3O4.